The third-order valence-electron chi connectivity index (χ3n) is 5.26. The molecule has 22 heteroatoms. The van der Waals surface area contributed by atoms with E-state index in [1.165, 1.54) is 54.6 Å². The monoisotopic (exact) mass is 908 g/mol. The molecule has 0 radical (unpaired) electrons. The number of carbonyl (C=O) groups is 3. The Bertz CT molecular complexity index is 1660. The van der Waals surface area contributed by atoms with Crippen LogP contribution in [-0.2, 0) is 17.1 Å². The number of alkyl halides is 9. The third-order valence-corrected chi connectivity index (χ3v) is 6.91. The molecule has 0 bridgehead atoms. The largest absolute Gasteiger partial charge is 0.504 e. The second-order valence-corrected chi connectivity index (χ2v) is 11.6. The maximum atomic E-state index is 12.0. The van der Waals surface area contributed by atoms with E-state index in [0.29, 0.717) is 0 Å². The SMILES string of the molecule is O=C(C=C(O)C(F)(F)F)c1ccc(Cl)cc1Cl.O=C(C=C(O)C(F)(F)F)c1ccc(Cl)cc1Cl.O=C(C=C(O)C(F)(F)F)c1ccc(Cl)cc1Cl.[Fe]. The predicted molar refractivity (Wildman–Crippen MR) is 173 cm³/mol. The summed E-state index contributed by atoms with van der Waals surface area (Å²) in [5.74, 6) is -9.10. The summed E-state index contributed by atoms with van der Waals surface area (Å²) < 4.78 is 108. The Labute approximate surface area is 327 Å². The molecule has 0 saturated carbocycles. The molecule has 0 atom stereocenters. The van der Waals surface area contributed by atoms with Gasteiger partial charge < -0.3 is 15.3 Å². The van der Waals surface area contributed by atoms with E-state index in [9.17, 15) is 53.9 Å². The third kappa shape index (κ3) is 16.3. The second-order valence-electron chi connectivity index (χ2n) is 9.05. The van der Waals surface area contributed by atoms with Crippen molar-refractivity contribution < 1.29 is 86.3 Å². The van der Waals surface area contributed by atoms with Gasteiger partial charge in [0.2, 0.25) is 17.3 Å². The van der Waals surface area contributed by atoms with E-state index < -0.39 is 53.2 Å². The molecule has 0 aliphatic heterocycles. The molecule has 52 heavy (non-hydrogen) atoms. The van der Waals surface area contributed by atoms with Gasteiger partial charge in [0.25, 0.3) is 0 Å². The molecule has 0 aromatic heterocycles. The molecule has 6 nitrogen and oxygen atoms in total. The van der Waals surface area contributed by atoms with Gasteiger partial charge in [-0.05, 0) is 54.6 Å². The van der Waals surface area contributed by atoms with Gasteiger partial charge in [0.15, 0.2) is 17.3 Å². The maximum Gasteiger partial charge on any atom is 0.448 e. The van der Waals surface area contributed by atoms with Gasteiger partial charge in [-0.1, -0.05) is 69.6 Å². The van der Waals surface area contributed by atoms with E-state index in [0.717, 1.165) is 0 Å². The van der Waals surface area contributed by atoms with E-state index in [1.807, 2.05) is 0 Å². The number of halogens is 15. The van der Waals surface area contributed by atoms with E-state index in [-0.39, 0.29) is 82.1 Å². The molecule has 3 N–H and O–H groups in total. The number of rotatable bonds is 6. The van der Waals surface area contributed by atoms with Crippen molar-refractivity contribution in [2.75, 3.05) is 0 Å². The molecule has 0 saturated heterocycles. The molecule has 0 heterocycles. The summed E-state index contributed by atoms with van der Waals surface area (Å²) in [6, 6.07) is 11.1. The molecule has 0 spiro atoms. The van der Waals surface area contributed by atoms with Crippen LogP contribution in [0.4, 0.5) is 39.5 Å². The van der Waals surface area contributed by atoms with Crippen molar-refractivity contribution in [1.29, 1.82) is 0 Å². The molecular formula is C30H15Cl6F9FeO6. The van der Waals surface area contributed by atoms with Crippen molar-refractivity contribution in [1.82, 2.24) is 0 Å². The summed E-state index contributed by atoms with van der Waals surface area (Å²) in [6.45, 7) is 0. The first-order chi connectivity index (χ1) is 23.1. The second kappa shape index (κ2) is 20.4. The van der Waals surface area contributed by atoms with Crippen LogP contribution in [0.15, 0.2) is 90.1 Å². The summed E-state index contributed by atoms with van der Waals surface area (Å²) in [6.07, 6.45) is -14.7. The Morgan fingerprint density at radius 2 is 0.635 bits per heavy atom. The number of carbonyl (C=O) groups excluding carboxylic acids is 3. The molecule has 0 fully saturated rings. The predicted octanol–water partition coefficient (Wildman–Crippen LogP) is 12.5. The minimum absolute atomic E-state index is 0. The number of hydrogen-bond donors (Lipinski definition) is 3. The Morgan fingerprint density at radius 1 is 0.442 bits per heavy atom. The van der Waals surface area contributed by atoms with Crippen LogP contribution in [0, 0.1) is 0 Å². The first-order valence-corrected chi connectivity index (χ1v) is 14.8. The Kier molecular flexibility index (Phi) is 19.2. The molecule has 3 aromatic rings. The number of ketones is 3. The summed E-state index contributed by atoms with van der Waals surface area (Å²) >= 11 is 33.6. The van der Waals surface area contributed by atoms with Crippen molar-refractivity contribution in [2.24, 2.45) is 0 Å². The summed E-state index contributed by atoms with van der Waals surface area (Å²) in [5, 5.41) is 26.3. The van der Waals surface area contributed by atoms with Crippen LogP contribution in [0.25, 0.3) is 0 Å². The standard InChI is InChI=1S/3C10H5Cl2F3O2.Fe/c3*11-5-1-2-6(7(12)3-5)8(16)4-9(17)10(13,14)15;/h3*1-4,17H;. The summed E-state index contributed by atoms with van der Waals surface area (Å²) in [7, 11) is 0. The minimum Gasteiger partial charge on any atom is -0.504 e. The van der Waals surface area contributed by atoms with Crippen LogP contribution in [0.1, 0.15) is 31.1 Å². The van der Waals surface area contributed by atoms with Crippen molar-refractivity contribution in [3.63, 3.8) is 0 Å². The Hall–Kier alpha value is -3.08. The maximum absolute atomic E-state index is 12.0. The van der Waals surface area contributed by atoms with Gasteiger partial charge in [0, 0.05) is 67.1 Å². The molecule has 3 rings (SSSR count). The van der Waals surface area contributed by atoms with Gasteiger partial charge in [0.05, 0.1) is 15.1 Å². The molecule has 0 aliphatic carbocycles. The normalized spacial score (nSPS) is 12.4. The summed E-state index contributed by atoms with van der Waals surface area (Å²) in [4.78, 5) is 34.1. The van der Waals surface area contributed by atoms with Gasteiger partial charge in [0.1, 0.15) is 0 Å². The molecule has 0 aliphatic rings. The van der Waals surface area contributed by atoms with E-state index in [4.69, 9.17) is 84.9 Å². The fourth-order valence-corrected chi connectivity index (χ4v) is 4.42. The zero-order valence-corrected chi connectivity index (χ0v) is 30.2. The number of benzene rings is 3. The first kappa shape index (κ1) is 48.9. The van der Waals surface area contributed by atoms with E-state index in [1.54, 1.807) is 0 Å². The number of allylic oxidation sites excluding steroid dienone is 6. The molecule has 3 aromatic carbocycles. The smallest absolute Gasteiger partial charge is 0.448 e. The quantitative estimate of drug-likeness (QED) is 0.0747. The van der Waals surface area contributed by atoms with Gasteiger partial charge >= 0.3 is 18.5 Å². The van der Waals surface area contributed by atoms with Gasteiger partial charge in [-0.25, -0.2) is 0 Å². The minimum atomic E-state index is -4.96. The molecule has 284 valence electrons. The van der Waals surface area contributed by atoms with Crippen LogP contribution in [0.5, 0.6) is 0 Å². The van der Waals surface area contributed by atoms with Crippen LogP contribution in [-0.4, -0.2) is 51.2 Å². The van der Waals surface area contributed by atoms with Crippen molar-refractivity contribution in [2.45, 2.75) is 18.5 Å². The molecular weight excluding hydrogens is 896 g/mol. The van der Waals surface area contributed by atoms with E-state index in [2.05, 4.69) is 0 Å². The van der Waals surface area contributed by atoms with Crippen LogP contribution in [0.3, 0.4) is 0 Å². The first-order valence-electron chi connectivity index (χ1n) is 12.6. The zero-order chi connectivity index (χ0) is 39.6. The summed E-state index contributed by atoms with van der Waals surface area (Å²) in [5.41, 5.74) is -0.523. The van der Waals surface area contributed by atoms with Crippen LogP contribution < -0.4 is 0 Å². The Balaban J connectivity index is 0.000000743. The van der Waals surface area contributed by atoms with Gasteiger partial charge in [-0.3, -0.25) is 14.4 Å². The number of hydrogen-bond acceptors (Lipinski definition) is 6. The Morgan fingerprint density at radius 3 is 0.788 bits per heavy atom. The van der Waals surface area contributed by atoms with Gasteiger partial charge in [-0.2, -0.15) is 39.5 Å². The van der Waals surface area contributed by atoms with Crippen molar-refractivity contribution in [3.05, 3.63) is 137 Å². The van der Waals surface area contributed by atoms with Crippen molar-refractivity contribution >= 4 is 87.0 Å². The molecule has 0 unspecified atom stereocenters. The number of aliphatic hydroxyl groups is 3. The van der Waals surface area contributed by atoms with Crippen molar-refractivity contribution in [3.8, 4) is 0 Å². The van der Waals surface area contributed by atoms with Crippen LogP contribution >= 0.6 is 69.6 Å². The fourth-order valence-electron chi connectivity index (χ4n) is 2.92. The number of aliphatic hydroxyl groups excluding tert-OH is 3. The van der Waals surface area contributed by atoms with E-state index >= 15 is 0 Å². The van der Waals surface area contributed by atoms with Crippen LogP contribution in [0.2, 0.25) is 30.1 Å². The average molecular weight is 911 g/mol. The zero-order valence-electron chi connectivity index (χ0n) is 24.5. The fraction of sp³-hybridized carbons (Fsp3) is 0.100. The average Bonchev–Trinajstić information content (AvgIpc) is 2.96. The topological polar surface area (TPSA) is 112 Å². The van der Waals surface area contributed by atoms with Gasteiger partial charge in [-0.15, -0.1) is 0 Å². The molecule has 0 amide bonds.